The van der Waals surface area contributed by atoms with Crippen LogP contribution in [-0.2, 0) is 13.0 Å². The van der Waals surface area contributed by atoms with Crippen molar-refractivity contribution in [1.82, 2.24) is 4.98 Å². The summed E-state index contributed by atoms with van der Waals surface area (Å²) >= 11 is 5.96. The Kier molecular flexibility index (Phi) is 4.40. The van der Waals surface area contributed by atoms with Crippen molar-refractivity contribution in [2.24, 2.45) is 0 Å². The number of aromatic nitrogens is 1. The van der Waals surface area contributed by atoms with Gasteiger partial charge >= 0.3 is 0 Å². The quantitative estimate of drug-likeness (QED) is 0.922. The van der Waals surface area contributed by atoms with E-state index in [1.54, 1.807) is 18.2 Å². The van der Waals surface area contributed by atoms with E-state index in [1.165, 1.54) is 0 Å². The molecule has 1 heterocycles. The van der Waals surface area contributed by atoms with Crippen molar-refractivity contribution in [2.75, 3.05) is 0 Å². The Morgan fingerprint density at radius 2 is 2.00 bits per heavy atom. The number of halogens is 1. The van der Waals surface area contributed by atoms with E-state index in [0.717, 1.165) is 17.8 Å². The van der Waals surface area contributed by atoms with Crippen molar-refractivity contribution in [2.45, 2.75) is 26.9 Å². The standard InChI is InChI=1S/C15H16ClNO2/c1-3-13-14(7-4-10(2)17-13)19-15-8-12(16)6-5-11(15)9-18/h4-8,18H,3,9H2,1-2H3. The number of nitrogens with zero attached hydrogens (tertiary/aromatic N) is 1. The molecule has 1 aromatic heterocycles. The van der Waals surface area contributed by atoms with E-state index < -0.39 is 0 Å². The number of hydrogen-bond acceptors (Lipinski definition) is 3. The summed E-state index contributed by atoms with van der Waals surface area (Å²) in [4.78, 5) is 4.45. The minimum Gasteiger partial charge on any atom is -0.455 e. The van der Waals surface area contributed by atoms with Gasteiger partial charge in [0.25, 0.3) is 0 Å². The van der Waals surface area contributed by atoms with Gasteiger partial charge in [-0.3, -0.25) is 4.98 Å². The summed E-state index contributed by atoms with van der Waals surface area (Å²) < 4.78 is 5.85. The van der Waals surface area contributed by atoms with Crippen LogP contribution in [0.5, 0.6) is 11.5 Å². The maximum Gasteiger partial charge on any atom is 0.148 e. The summed E-state index contributed by atoms with van der Waals surface area (Å²) in [6.45, 7) is 3.88. The highest BCUT2D eigenvalue weighted by atomic mass is 35.5. The third-order valence-corrected chi connectivity index (χ3v) is 3.06. The predicted molar refractivity (Wildman–Crippen MR) is 75.8 cm³/mol. The maximum absolute atomic E-state index is 9.32. The van der Waals surface area contributed by atoms with Crippen LogP contribution in [-0.4, -0.2) is 10.1 Å². The van der Waals surface area contributed by atoms with Crippen molar-refractivity contribution in [3.05, 3.63) is 52.3 Å². The van der Waals surface area contributed by atoms with E-state index in [-0.39, 0.29) is 6.61 Å². The molecule has 0 radical (unpaired) electrons. The van der Waals surface area contributed by atoms with Crippen LogP contribution in [0.25, 0.3) is 0 Å². The largest absolute Gasteiger partial charge is 0.455 e. The van der Waals surface area contributed by atoms with Gasteiger partial charge in [0.2, 0.25) is 0 Å². The third-order valence-electron chi connectivity index (χ3n) is 2.83. The molecule has 0 spiro atoms. The monoisotopic (exact) mass is 277 g/mol. The van der Waals surface area contributed by atoms with Crippen molar-refractivity contribution in [1.29, 1.82) is 0 Å². The molecule has 2 aromatic rings. The Hall–Kier alpha value is -1.58. The first-order chi connectivity index (χ1) is 9.13. The number of pyridine rings is 1. The van der Waals surface area contributed by atoms with Gasteiger partial charge in [-0.1, -0.05) is 24.6 Å². The fourth-order valence-corrected chi connectivity index (χ4v) is 1.98. The van der Waals surface area contributed by atoms with E-state index in [4.69, 9.17) is 16.3 Å². The van der Waals surface area contributed by atoms with Crippen molar-refractivity contribution < 1.29 is 9.84 Å². The Morgan fingerprint density at radius 1 is 1.21 bits per heavy atom. The van der Waals surface area contributed by atoms with Crippen molar-refractivity contribution in [3.8, 4) is 11.5 Å². The molecule has 0 saturated heterocycles. The molecule has 0 amide bonds. The molecule has 4 heteroatoms. The van der Waals surface area contributed by atoms with Gasteiger partial charge in [0.15, 0.2) is 0 Å². The van der Waals surface area contributed by atoms with Gasteiger partial charge in [-0.05, 0) is 37.6 Å². The fraction of sp³-hybridized carbons (Fsp3) is 0.267. The number of rotatable bonds is 4. The molecule has 1 aromatic carbocycles. The van der Waals surface area contributed by atoms with Crippen LogP contribution in [0.4, 0.5) is 0 Å². The number of aryl methyl sites for hydroxylation is 2. The molecular weight excluding hydrogens is 262 g/mol. The average Bonchev–Trinajstić information content (AvgIpc) is 2.41. The lowest BCUT2D eigenvalue weighted by molar-refractivity contribution is 0.276. The third kappa shape index (κ3) is 3.25. The number of benzene rings is 1. The maximum atomic E-state index is 9.32. The lowest BCUT2D eigenvalue weighted by atomic mass is 10.2. The van der Waals surface area contributed by atoms with Crippen LogP contribution in [0.15, 0.2) is 30.3 Å². The van der Waals surface area contributed by atoms with Crippen LogP contribution >= 0.6 is 11.6 Å². The molecule has 3 nitrogen and oxygen atoms in total. The van der Waals surface area contributed by atoms with Crippen LogP contribution in [0.3, 0.4) is 0 Å². The smallest absolute Gasteiger partial charge is 0.148 e. The van der Waals surface area contributed by atoms with Gasteiger partial charge in [-0.25, -0.2) is 0 Å². The van der Waals surface area contributed by atoms with Crippen LogP contribution in [0.1, 0.15) is 23.9 Å². The zero-order chi connectivity index (χ0) is 13.8. The lowest BCUT2D eigenvalue weighted by Gasteiger charge is -2.13. The molecule has 19 heavy (non-hydrogen) atoms. The summed E-state index contributed by atoms with van der Waals surface area (Å²) in [5.41, 5.74) is 2.55. The zero-order valence-electron chi connectivity index (χ0n) is 11.0. The predicted octanol–water partition coefficient (Wildman–Crippen LogP) is 3.89. The second-order valence-corrected chi connectivity index (χ2v) is 4.70. The van der Waals surface area contributed by atoms with Gasteiger partial charge in [-0.2, -0.15) is 0 Å². The molecule has 0 bridgehead atoms. The molecule has 1 N–H and O–H groups in total. The topological polar surface area (TPSA) is 42.4 Å². The number of aliphatic hydroxyl groups is 1. The molecular formula is C15H16ClNO2. The normalized spacial score (nSPS) is 10.5. The van der Waals surface area contributed by atoms with E-state index in [2.05, 4.69) is 4.98 Å². The lowest BCUT2D eigenvalue weighted by Crippen LogP contribution is -1.98. The number of hydrogen-bond donors (Lipinski definition) is 1. The molecule has 0 aliphatic carbocycles. The summed E-state index contributed by atoms with van der Waals surface area (Å²) in [5.74, 6) is 1.26. The average molecular weight is 278 g/mol. The van der Waals surface area contributed by atoms with E-state index in [9.17, 15) is 5.11 Å². The minimum absolute atomic E-state index is 0.0900. The summed E-state index contributed by atoms with van der Waals surface area (Å²) in [7, 11) is 0. The van der Waals surface area contributed by atoms with Gasteiger partial charge < -0.3 is 9.84 Å². The highest BCUT2D eigenvalue weighted by Crippen LogP contribution is 2.30. The SMILES string of the molecule is CCc1nc(C)ccc1Oc1cc(Cl)ccc1CO. The second-order valence-electron chi connectivity index (χ2n) is 4.26. The second kappa shape index (κ2) is 6.04. The molecule has 0 aliphatic rings. The van der Waals surface area contributed by atoms with E-state index in [1.807, 2.05) is 26.0 Å². The first-order valence-electron chi connectivity index (χ1n) is 6.17. The molecule has 0 atom stereocenters. The molecule has 0 aliphatic heterocycles. The number of ether oxygens (including phenoxy) is 1. The van der Waals surface area contributed by atoms with Crippen molar-refractivity contribution in [3.63, 3.8) is 0 Å². The van der Waals surface area contributed by atoms with Gasteiger partial charge in [-0.15, -0.1) is 0 Å². The van der Waals surface area contributed by atoms with Crippen LogP contribution in [0.2, 0.25) is 5.02 Å². The molecule has 0 fully saturated rings. The summed E-state index contributed by atoms with van der Waals surface area (Å²) in [6.07, 6.45) is 0.784. The van der Waals surface area contributed by atoms with Gasteiger partial charge in [0.1, 0.15) is 11.5 Å². The first kappa shape index (κ1) is 13.8. The minimum atomic E-state index is -0.0900. The van der Waals surface area contributed by atoms with Crippen molar-refractivity contribution >= 4 is 11.6 Å². The molecule has 0 saturated carbocycles. The Bertz CT molecular complexity index is 584. The van der Waals surface area contributed by atoms with Gasteiger partial charge in [0.05, 0.1) is 12.3 Å². The number of aliphatic hydroxyl groups excluding tert-OH is 1. The summed E-state index contributed by atoms with van der Waals surface area (Å²) in [5, 5.41) is 9.89. The fourth-order valence-electron chi connectivity index (χ4n) is 1.82. The Morgan fingerprint density at radius 3 is 2.68 bits per heavy atom. The zero-order valence-corrected chi connectivity index (χ0v) is 11.7. The van der Waals surface area contributed by atoms with E-state index in [0.29, 0.717) is 22.1 Å². The van der Waals surface area contributed by atoms with E-state index >= 15 is 0 Å². The first-order valence-corrected chi connectivity index (χ1v) is 6.55. The summed E-state index contributed by atoms with van der Waals surface area (Å²) in [6, 6.07) is 8.98. The Balaban J connectivity index is 2.38. The highest BCUT2D eigenvalue weighted by molar-refractivity contribution is 6.30. The van der Waals surface area contributed by atoms with Crippen LogP contribution < -0.4 is 4.74 Å². The molecule has 100 valence electrons. The highest BCUT2D eigenvalue weighted by Gasteiger charge is 2.09. The van der Waals surface area contributed by atoms with Gasteiger partial charge in [0, 0.05) is 16.3 Å². The Labute approximate surface area is 117 Å². The molecule has 2 rings (SSSR count). The van der Waals surface area contributed by atoms with Crippen LogP contribution in [0, 0.1) is 6.92 Å². The molecule has 0 unspecified atom stereocenters.